The van der Waals surface area contributed by atoms with Crippen molar-refractivity contribution in [1.29, 1.82) is 0 Å². The largest absolute Gasteiger partial charge is 0.345 e. The molecule has 1 atom stereocenters. The monoisotopic (exact) mass is 310 g/mol. The molecule has 112 valence electrons. The van der Waals surface area contributed by atoms with E-state index in [-0.39, 0.29) is 11.9 Å². The van der Waals surface area contributed by atoms with Crippen LogP contribution in [0.25, 0.3) is 10.9 Å². The molecule has 1 amide bonds. The zero-order chi connectivity index (χ0) is 15.7. The number of amides is 1. The molecule has 0 fully saturated rings. The van der Waals surface area contributed by atoms with Crippen molar-refractivity contribution >= 4 is 28.1 Å². The number of nitrogens with zero attached hydrogens (tertiary/aromatic N) is 1. The number of carbonyl (C=O) groups is 1. The van der Waals surface area contributed by atoms with Gasteiger partial charge in [0.05, 0.1) is 17.1 Å². The topological polar surface area (TPSA) is 42.0 Å². The van der Waals surface area contributed by atoms with Crippen LogP contribution in [0.4, 0.5) is 0 Å². The van der Waals surface area contributed by atoms with Gasteiger partial charge in [0.15, 0.2) is 0 Å². The Morgan fingerprint density at radius 3 is 2.73 bits per heavy atom. The SMILES string of the molecule is Cc1cc(C(C)NC(=O)c2ccnc3ccccc23)c(C)s1. The summed E-state index contributed by atoms with van der Waals surface area (Å²) in [7, 11) is 0. The van der Waals surface area contributed by atoms with E-state index < -0.39 is 0 Å². The number of thiophene rings is 1. The molecular formula is C18H18N2OS. The molecule has 22 heavy (non-hydrogen) atoms. The molecule has 0 aliphatic heterocycles. The number of aromatic nitrogens is 1. The Morgan fingerprint density at radius 1 is 1.23 bits per heavy atom. The van der Waals surface area contributed by atoms with Gasteiger partial charge in [-0.2, -0.15) is 0 Å². The van der Waals surface area contributed by atoms with Gasteiger partial charge >= 0.3 is 0 Å². The van der Waals surface area contributed by atoms with Gasteiger partial charge in [0.1, 0.15) is 0 Å². The van der Waals surface area contributed by atoms with Gasteiger partial charge in [-0.3, -0.25) is 9.78 Å². The van der Waals surface area contributed by atoms with E-state index >= 15 is 0 Å². The summed E-state index contributed by atoms with van der Waals surface area (Å²) in [6.45, 7) is 6.21. The second-order valence-electron chi connectivity index (χ2n) is 5.44. The molecule has 0 saturated heterocycles. The summed E-state index contributed by atoms with van der Waals surface area (Å²) in [6, 6.07) is 11.6. The summed E-state index contributed by atoms with van der Waals surface area (Å²) in [6.07, 6.45) is 1.68. The summed E-state index contributed by atoms with van der Waals surface area (Å²) in [5.41, 5.74) is 2.70. The van der Waals surface area contributed by atoms with E-state index in [1.807, 2.05) is 31.2 Å². The molecule has 4 heteroatoms. The van der Waals surface area contributed by atoms with Crippen LogP contribution in [0.2, 0.25) is 0 Å². The molecule has 3 rings (SSSR count). The van der Waals surface area contributed by atoms with E-state index in [1.165, 1.54) is 15.3 Å². The van der Waals surface area contributed by atoms with Crippen LogP contribution in [0.1, 0.15) is 38.6 Å². The van der Waals surface area contributed by atoms with Gasteiger partial charge in [0, 0.05) is 21.3 Å². The molecule has 0 saturated carbocycles. The lowest BCUT2D eigenvalue weighted by molar-refractivity contribution is 0.0941. The van der Waals surface area contributed by atoms with E-state index in [9.17, 15) is 4.79 Å². The third-order valence-corrected chi connectivity index (χ3v) is 4.77. The average molecular weight is 310 g/mol. The smallest absolute Gasteiger partial charge is 0.252 e. The van der Waals surface area contributed by atoms with Gasteiger partial charge in [-0.15, -0.1) is 11.3 Å². The average Bonchev–Trinajstić information content (AvgIpc) is 2.85. The van der Waals surface area contributed by atoms with Gasteiger partial charge < -0.3 is 5.32 Å². The zero-order valence-electron chi connectivity index (χ0n) is 12.9. The van der Waals surface area contributed by atoms with E-state index in [0.717, 1.165) is 10.9 Å². The van der Waals surface area contributed by atoms with Crippen molar-refractivity contribution in [2.45, 2.75) is 26.8 Å². The van der Waals surface area contributed by atoms with Crippen molar-refractivity contribution in [3.05, 3.63) is 63.5 Å². The highest BCUT2D eigenvalue weighted by Crippen LogP contribution is 2.26. The number of benzene rings is 1. The predicted molar refractivity (Wildman–Crippen MR) is 91.4 cm³/mol. The van der Waals surface area contributed by atoms with Gasteiger partial charge in [0.25, 0.3) is 5.91 Å². The van der Waals surface area contributed by atoms with Crippen molar-refractivity contribution in [3.8, 4) is 0 Å². The summed E-state index contributed by atoms with van der Waals surface area (Å²) in [5, 5.41) is 3.98. The number of fused-ring (bicyclic) bond motifs is 1. The molecule has 0 bridgehead atoms. The first-order valence-corrected chi connectivity index (χ1v) is 8.09. The number of aryl methyl sites for hydroxylation is 2. The van der Waals surface area contributed by atoms with Gasteiger partial charge in [0.2, 0.25) is 0 Å². The van der Waals surface area contributed by atoms with Crippen LogP contribution in [0, 0.1) is 13.8 Å². The van der Waals surface area contributed by atoms with E-state index in [0.29, 0.717) is 5.56 Å². The maximum absolute atomic E-state index is 12.6. The molecule has 3 aromatic rings. The van der Waals surface area contributed by atoms with Crippen LogP contribution in [-0.2, 0) is 0 Å². The second-order valence-corrected chi connectivity index (χ2v) is 6.90. The lowest BCUT2D eigenvalue weighted by Gasteiger charge is -2.15. The molecule has 2 heterocycles. The molecule has 1 aromatic carbocycles. The molecule has 0 aliphatic carbocycles. The minimum absolute atomic E-state index is 0.00984. The van der Waals surface area contributed by atoms with E-state index in [1.54, 1.807) is 23.6 Å². The van der Waals surface area contributed by atoms with Crippen LogP contribution in [0.5, 0.6) is 0 Å². The summed E-state index contributed by atoms with van der Waals surface area (Å²) in [5.74, 6) is -0.0608. The lowest BCUT2D eigenvalue weighted by Crippen LogP contribution is -2.27. The number of para-hydroxylation sites is 1. The number of nitrogens with one attached hydrogen (secondary N) is 1. The highest BCUT2D eigenvalue weighted by molar-refractivity contribution is 7.12. The Kier molecular flexibility index (Phi) is 3.94. The van der Waals surface area contributed by atoms with Crippen LogP contribution in [0.3, 0.4) is 0 Å². The van der Waals surface area contributed by atoms with Crippen LogP contribution < -0.4 is 5.32 Å². The van der Waals surface area contributed by atoms with Crippen molar-refractivity contribution in [1.82, 2.24) is 10.3 Å². The maximum atomic E-state index is 12.6. The first kappa shape index (κ1) is 14.7. The highest BCUT2D eigenvalue weighted by atomic mass is 32.1. The Labute approximate surface area is 134 Å². The van der Waals surface area contributed by atoms with Gasteiger partial charge in [-0.25, -0.2) is 0 Å². The number of pyridine rings is 1. The quantitative estimate of drug-likeness (QED) is 0.779. The molecular weight excluding hydrogens is 292 g/mol. The molecule has 1 N–H and O–H groups in total. The fraction of sp³-hybridized carbons (Fsp3) is 0.222. The minimum atomic E-state index is -0.0608. The maximum Gasteiger partial charge on any atom is 0.252 e. The molecule has 0 spiro atoms. The lowest BCUT2D eigenvalue weighted by atomic mass is 10.1. The zero-order valence-corrected chi connectivity index (χ0v) is 13.7. The normalized spacial score (nSPS) is 12.3. The van der Waals surface area contributed by atoms with Crippen molar-refractivity contribution in [3.63, 3.8) is 0 Å². The van der Waals surface area contributed by atoms with Crippen molar-refractivity contribution < 1.29 is 4.79 Å². The number of hydrogen-bond acceptors (Lipinski definition) is 3. The predicted octanol–water partition coefficient (Wildman–Crippen LogP) is 4.40. The number of carbonyl (C=O) groups excluding carboxylic acids is 1. The Balaban J connectivity index is 1.89. The Bertz CT molecular complexity index is 833. The fourth-order valence-corrected chi connectivity index (χ4v) is 3.75. The molecule has 0 aliphatic rings. The first-order valence-electron chi connectivity index (χ1n) is 7.28. The number of hydrogen-bond donors (Lipinski definition) is 1. The summed E-state index contributed by atoms with van der Waals surface area (Å²) >= 11 is 1.76. The molecule has 3 nitrogen and oxygen atoms in total. The first-order chi connectivity index (χ1) is 10.6. The highest BCUT2D eigenvalue weighted by Gasteiger charge is 2.16. The fourth-order valence-electron chi connectivity index (χ4n) is 2.73. The summed E-state index contributed by atoms with van der Waals surface area (Å²) < 4.78 is 0. The van der Waals surface area contributed by atoms with Crippen LogP contribution in [-0.4, -0.2) is 10.9 Å². The van der Waals surface area contributed by atoms with Gasteiger partial charge in [-0.1, -0.05) is 18.2 Å². The van der Waals surface area contributed by atoms with E-state index in [4.69, 9.17) is 0 Å². The van der Waals surface area contributed by atoms with Crippen molar-refractivity contribution in [2.24, 2.45) is 0 Å². The number of rotatable bonds is 3. The van der Waals surface area contributed by atoms with E-state index in [2.05, 4.69) is 30.2 Å². The van der Waals surface area contributed by atoms with Gasteiger partial charge in [-0.05, 0) is 44.5 Å². The van der Waals surface area contributed by atoms with Crippen LogP contribution >= 0.6 is 11.3 Å². The second kappa shape index (κ2) is 5.89. The Morgan fingerprint density at radius 2 is 2.00 bits per heavy atom. The summed E-state index contributed by atoms with van der Waals surface area (Å²) in [4.78, 5) is 19.4. The molecule has 1 unspecified atom stereocenters. The third kappa shape index (κ3) is 2.74. The third-order valence-electron chi connectivity index (χ3n) is 3.79. The van der Waals surface area contributed by atoms with Crippen LogP contribution in [0.15, 0.2) is 42.6 Å². The molecule has 0 radical (unpaired) electrons. The minimum Gasteiger partial charge on any atom is -0.345 e. The Hall–Kier alpha value is -2.20. The standard InChI is InChI=1S/C18H18N2OS/c1-11-10-16(13(3)22-11)12(2)20-18(21)15-8-9-19-17-7-5-4-6-14(15)17/h4-10,12H,1-3H3,(H,20,21). The van der Waals surface area contributed by atoms with Crippen molar-refractivity contribution in [2.75, 3.05) is 0 Å². The molecule has 2 aromatic heterocycles.